The fourth-order valence-electron chi connectivity index (χ4n) is 2.02. The number of aryl methyl sites for hydroxylation is 1. The van der Waals surface area contributed by atoms with E-state index < -0.39 is 0 Å². The van der Waals surface area contributed by atoms with E-state index in [2.05, 4.69) is 16.4 Å². The summed E-state index contributed by atoms with van der Waals surface area (Å²) in [6, 6.07) is 16.9. The van der Waals surface area contributed by atoms with Crippen LogP contribution in [0.25, 0.3) is 6.08 Å². The van der Waals surface area contributed by atoms with E-state index in [9.17, 15) is 4.79 Å². The molecule has 2 aromatic carbocycles. The van der Waals surface area contributed by atoms with E-state index in [1.807, 2.05) is 43.3 Å². The van der Waals surface area contributed by atoms with E-state index in [0.717, 1.165) is 11.3 Å². The molecule has 0 atom stereocenters. The lowest BCUT2D eigenvalue weighted by molar-refractivity contribution is -0.115. The third kappa shape index (κ3) is 3.68. The molecule has 1 aliphatic heterocycles. The van der Waals surface area contributed by atoms with E-state index >= 15 is 0 Å². The summed E-state index contributed by atoms with van der Waals surface area (Å²) in [5, 5.41) is 12.1. The summed E-state index contributed by atoms with van der Waals surface area (Å²) in [6.45, 7) is 2.02. The van der Waals surface area contributed by atoms with Crippen molar-refractivity contribution >= 4 is 34.6 Å². The van der Waals surface area contributed by atoms with Gasteiger partial charge in [-0.25, -0.2) is 4.99 Å². The average molecular weight is 319 g/mol. The van der Waals surface area contributed by atoms with Crippen LogP contribution in [0.2, 0.25) is 0 Å². The predicted octanol–water partition coefficient (Wildman–Crippen LogP) is 3.76. The van der Waals surface area contributed by atoms with Gasteiger partial charge in [-0.15, -0.1) is 0 Å². The number of amidine groups is 1. The minimum absolute atomic E-state index is 0.162. The monoisotopic (exact) mass is 319 g/mol. The summed E-state index contributed by atoms with van der Waals surface area (Å²) in [4.78, 5) is 17.0. The molecule has 3 rings (SSSR count). The average Bonchev–Trinajstić information content (AvgIpc) is 2.90. The van der Waals surface area contributed by atoms with Gasteiger partial charge in [-0.1, -0.05) is 29.8 Å². The number of aliphatic imine (C=N–C) groups is 1. The van der Waals surface area contributed by atoms with Gasteiger partial charge in [0.15, 0.2) is 5.17 Å². The molecular formula is C18H13N3OS. The summed E-state index contributed by atoms with van der Waals surface area (Å²) in [5.74, 6) is -0.162. The van der Waals surface area contributed by atoms with E-state index in [1.54, 1.807) is 18.2 Å². The first-order valence-corrected chi connectivity index (χ1v) is 7.82. The van der Waals surface area contributed by atoms with Crippen molar-refractivity contribution in [2.45, 2.75) is 6.92 Å². The van der Waals surface area contributed by atoms with Crippen molar-refractivity contribution in [1.82, 2.24) is 5.32 Å². The minimum atomic E-state index is -0.162. The third-order valence-electron chi connectivity index (χ3n) is 3.25. The number of benzene rings is 2. The smallest absolute Gasteiger partial charge is 0.264 e. The van der Waals surface area contributed by atoms with Gasteiger partial charge < -0.3 is 5.32 Å². The lowest BCUT2D eigenvalue weighted by Crippen LogP contribution is -2.19. The van der Waals surface area contributed by atoms with Crippen molar-refractivity contribution in [3.8, 4) is 6.07 Å². The first-order valence-electron chi connectivity index (χ1n) is 7.00. The number of carbonyl (C=O) groups is 1. The summed E-state index contributed by atoms with van der Waals surface area (Å²) in [7, 11) is 0. The number of hydrogen-bond donors (Lipinski definition) is 1. The molecule has 1 N–H and O–H groups in total. The zero-order chi connectivity index (χ0) is 16.2. The summed E-state index contributed by atoms with van der Waals surface area (Å²) < 4.78 is 0. The van der Waals surface area contributed by atoms with Crippen molar-refractivity contribution in [3.05, 3.63) is 70.1 Å². The molecule has 0 bridgehead atoms. The maximum atomic E-state index is 12.0. The Balaban J connectivity index is 1.80. The number of nitriles is 1. The molecule has 4 nitrogen and oxygen atoms in total. The molecule has 1 aliphatic rings. The Bertz CT molecular complexity index is 843. The zero-order valence-electron chi connectivity index (χ0n) is 12.4. The Labute approximate surface area is 138 Å². The number of nitrogens with zero attached hydrogens (tertiary/aromatic N) is 2. The van der Waals surface area contributed by atoms with Crippen LogP contribution in [-0.2, 0) is 4.79 Å². The summed E-state index contributed by atoms with van der Waals surface area (Å²) in [6.07, 6.45) is 1.79. The topological polar surface area (TPSA) is 65.2 Å². The molecule has 2 aromatic rings. The molecule has 1 fully saturated rings. The lowest BCUT2D eigenvalue weighted by Gasteiger charge is -1.97. The standard InChI is InChI=1S/C18H13N3OS/c1-12-2-8-15(9-3-12)20-18-21-17(22)16(23-18)10-13-4-6-14(11-19)7-5-13/h2-10H,1H3,(H,20,21,22)/b16-10+. The molecule has 23 heavy (non-hydrogen) atoms. The molecule has 0 aliphatic carbocycles. The van der Waals surface area contributed by atoms with Crippen LogP contribution in [0.15, 0.2) is 58.4 Å². The minimum Gasteiger partial charge on any atom is -0.300 e. The van der Waals surface area contributed by atoms with Crippen LogP contribution in [0.4, 0.5) is 5.69 Å². The van der Waals surface area contributed by atoms with Crippen LogP contribution in [0.5, 0.6) is 0 Å². The van der Waals surface area contributed by atoms with Gasteiger partial charge in [0.05, 0.1) is 22.2 Å². The maximum Gasteiger partial charge on any atom is 0.264 e. The van der Waals surface area contributed by atoms with E-state index in [4.69, 9.17) is 5.26 Å². The van der Waals surface area contributed by atoms with Crippen LogP contribution in [-0.4, -0.2) is 11.1 Å². The first kappa shape index (κ1) is 15.1. The van der Waals surface area contributed by atoms with E-state index in [0.29, 0.717) is 15.6 Å². The van der Waals surface area contributed by atoms with Crippen LogP contribution >= 0.6 is 11.8 Å². The molecule has 0 spiro atoms. The van der Waals surface area contributed by atoms with Gasteiger partial charge in [-0.3, -0.25) is 4.79 Å². The number of carbonyl (C=O) groups excluding carboxylic acids is 1. The Morgan fingerprint density at radius 3 is 2.48 bits per heavy atom. The van der Waals surface area contributed by atoms with Gasteiger partial charge in [0, 0.05) is 0 Å². The largest absolute Gasteiger partial charge is 0.300 e. The van der Waals surface area contributed by atoms with E-state index in [-0.39, 0.29) is 5.91 Å². The van der Waals surface area contributed by atoms with Crippen LogP contribution in [0.3, 0.4) is 0 Å². The maximum absolute atomic E-state index is 12.0. The first-order chi connectivity index (χ1) is 11.1. The fraction of sp³-hybridized carbons (Fsp3) is 0.0556. The van der Waals surface area contributed by atoms with Crippen LogP contribution < -0.4 is 5.32 Å². The zero-order valence-corrected chi connectivity index (χ0v) is 13.2. The fourth-order valence-corrected chi connectivity index (χ4v) is 2.86. The van der Waals surface area contributed by atoms with Crippen LogP contribution in [0.1, 0.15) is 16.7 Å². The molecule has 1 amide bonds. The molecule has 0 radical (unpaired) electrons. The highest BCUT2D eigenvalue weighted by atomic mass is 32.2. The number of thioether (sulfide) groups is 1. The van der Waals surface area contributed by atoms with Gasteiger partial charge in [0.2, 0.25) is 0 Å². The van der Waals surface area contributed by atoms with Gasteiger partial charge in [-0.2, -0.15) is 5.26 Å². The highest BCUT2D eigenvalue weighted by Gasteiger charge is 2.23. The molecular weight excluding hydrogens is 306 g/mol. The number of rotatable bonds is 2. The van der Waals surface area contributed by atoms with Crippen molar-refractivity contribution in [1.29, 1.82) is 5.26 Å². The predicted molar refractivity (Wildman–Crippen MR) is 93.1 cm³/mol. The Morgan fingerprint density at radius 1 is 1.13 bits per heavy atom. The Kier molecular flexibility index (Phi) is 4.26. The second-order valence-corrected chi connectivity index (χ2v) is 6.08. The molecule has 0 unspecified atom stereocenters. The molecule has 1 heterocycles. The molecule has 5 heteroatoms. The van der Waals surface area contributed by atoms with Crippen molar-refractivity contribution in [3.63, 3.8) is 0 Å². The van der Waals surface area contributed by atoms with E-state index in [1.165, 1.54) is 17.3 Å². The number of nitrogens with one attached hydrogen (secondary N) is 1. The second kappa shape index (κ2) is 6.51. The molecule has 0 aromatic heterocycles. The SMILES string of the molecule is Cc1ccc(N=C2NC(=O)/C(=C\c3ccc(C#N)cc3)S2)cc1. The van der Waals surface area contributed by atoms with Gasteiger partial charge in [0.1, 0.15) is 0 Å². The second-order valence-electron chi connectivity index (χ2n) is 5.05. The summed E-state index contributed by atoms with van der Waals surface area (Å²) >= 11 is 1.31. The molecule has 1 saturated heterocycles. The van der Waals surface area contributed by atoms with Crippen molar-refractivity contribution < 1.29 is 4.79 Å². The Morgan fingerprint density at radius 2 is 1.83 bits per heavy atom. The van der Waals surface area contributed by atoms with Crippen LogP contribution in [0, 0.1) is 18.3 Å². The van der Waals surface area contributed by atoms with Crippen molar-refractivity contribution in [2.75, 3.05) is 0 Å². The van der Waals surface area contributed by atoms with Gasteiger partial charge in [0.25, 0.3) is 5.91 Å². The van der Waals surface area contributed by atoms with Gasteiger partial charge >= 0.3 is 0 Å². The Hall–Kier alpha value is -2.84. The third-order valence-corrected chi connectivity index (χ3v) is 4.16. The highest BCUT2D eigenvalue weighted by molar-refractivity contribution is 8.18. The lowest BCUT2D eigenvalue weighted by atomic mass is 10.1. The number of hydrogen-bond acceptors (Lipinski definition) is 4. The highest BCUT2D eigenvalue weighted by Crippen LogP contribution is 2.28. The number of amides is 1. The van der Waals surface area contributed by atoms with Gasteiger partial charge in [-0.05, 0) is 54.6 Å². The quantitative estimate of drug-likeness (QED) is 0.857. The summed E-state index contributed by atoms with van der Waals surface area (Å²) in [5.41, 5.74) is 3.44. The van der Waals surface area contributed by atoms with Crippen molar-refractivity contribution in [2.24, 2.45) is 4.99 Å². The normalized spacial score (nSPS) is 17.3. The molecule has 112 valence electrons. The molecule has 0 saturated carbocycles.